The molecule has 0 aliphatic heterocycles. The van der Waals surface area contributed by atoms with Crippen molar-refractivity contribution in [1.82, 2.24) is 4.98 Å². The number of carbonyl (C=O) groups excluding carboxylic acids is 1. The van der Waals surface area contributed by atoms with Crippen molar-refractivity contribution < 1.29 is 17.6 Å². The lowest BCUT2D eigenvalue weighted by Gasteiger charge is -2.10. The summed E-state index contributed by atoms with van der Waals surface area (Å²) in [4.78, 5) is 16.8. The molecule has 2 N–H and O–H groups in total. The molecule has 0 fully saturated rings. The standard InChI is InChI=1S/C22H16FN3O3S/c23-16-6-12-19(13-7-16)30(28,29)26-18-10-8-17(9-11-18)24-22(27)21-14-5-15-3-1-2-4-20(15)25-21/h1-14,26H,(H,24,27). The van der Waals surface area contributed by atoms with Crippen molar-refractivity contribution in [2.24, 2.45) is 0 Å². The zero-order chi connectivity index (χ0) is 21.1. The van der Waals surface area contributed by atoms with E-state index in [2.05, 4.69) is 15.0 Å². The van der Waals surface area contributed by atoms with E-state index in [1.54, 1.807) is 18.2 Å². The van der Waals surface area contributed by atoms with Crippen LogP contribution in [-0.4, -0.2) is 19.3 Å². The van der Waals surface area contributed by atoms with E-state index in [1.807, 2.05) is 30.3 Å². The van der Waals surface area contributed by atoms with Crippen LogP contribution in [0.4, 0.5) is 15.8 Å². The summed E-state index contributed by atoms with van der Waals surface area (Å²) in [6, 6.07) is 21.7. The van der Waals surface area contributed by atoms with Gasteiger partial charge in [0.1, 0.15) is 11.5 Å². The summed E-state index contributed by atoms with van der Waals surface area (Å²) in [7, 11) is -3.84. The van der Waals surface area contributed by atoms with Crippen LogP contribution in [-0.2, 0) is 10.0 Å². The average Bonchev–Trinajstić information content (AvgIpc) is 2.75. The molecule has 4 aromatic rings. The van der Waals surface area contributed by atoms with Crippen molar-refractivity contribution in [2.75, 3.05) is 10.0 Å². The van der Waals surface area contributed by atoms with Crippen LogP contribution in [0.3, 0.4) is 0 Å². The summed E-state index contributed by atoms with van der Waals surface area (Å²) in [5.41, 5.74) is 1.78. The number of carbonyl (C=O) groups is 1. The van der Waals surface area contributed by atoms with E-state index < -0.39 is 15.8 Å². The number of benzene rings is 3. The van der Waals surface area contributed by atoms with Gasteiger partial charge >= 0.3 is 0 Å². The maximum atomic E-state index is 13.0. The maximum absolute atomic E-state index is 13.0. The van der Waals surface area contributed by atoms with Gasteiger partial charge in [-0.25, -0.2) is 17.8 Å². The molecule has 0 unspecified atom stereocenters. The molecule has 0 saturated heterocycles. The third-order valence-corrected chi connectivity index (χ3v) is 5.75. The molecule has 30 heavy (non-hydrogen) atoms. The van der Waals surface area contributed by atoms with Crippen LogP contribution in [0.2, 0.25) is 0 Å². The molecule has 150 valence electrons. The van der Waals surface area contributed by atoms with Gasteiger partial charge < -0.3 is 5.32 Å². The van der Waals surface area contributed by atoms with Crippen LogP contribution >= 0.6 is 0 Å². The molecule has 4 rings (SSSR count). The molecule has 1 amide bonds. The number of nitrogens with one attached hydrogen (secondary N) is 2. The Labute approximate surface area is 172 Å². The lowest BCUT2D eigenvalue weighted by molar-refractivity contribution is 0.102. The van der Waals surface area contributed by atoms with E-state index in [1.165, 1.54) is 24.3 Å². The molecule has 1 heterocycles. The number of anilines is 2. The topological polar surface area (TPSA) is 88.2 Å². The fourth-order valence-electron chi connectivity index (χ4n) is 2.84. The van der Waals surface area contributed by atoms with Gasteiger partial charge in [0.25, 0.3) is 15.9 Å². The van der Waals surface area contributed by atoms with Gasteiger partial charge in [-0.1, -0.05) is 24.3 Å². The lowest BCUT2D eigenvalue weighted by atomic mass is 10.2. The number of halogens is 1. The number of para-hydroxylation sites is 1. The van der Waals surface area contributed by atoms with Crippen molar-refractivity contribution in [3.05, 3.63) is 96.4 Å². The summed E-state index contributed by atoms with van der Waals surface area (Å²) in [5.74, 6) is -0.893. The largest absolute Gasteiger partial charge is 0.321 e. The number of aromatic nitrogens is 1. The van der Waals surface area contributed by atoms with Gasteiger partial charge in [0.2, 0.25) is 0 Å². The molecule has 0 radical (unpaired) electrons. The van der Waals surface area contributed by atoms with Gasteiger partial charge in [-0.05, 0) is 60.7 Å². The fourth-order valence-corrected chi connectivity index (χ4v) is 3.90. The van der Waals surface area contributed by atoms with Crippen molar-refractivity contribution >= 4 is 38.2 Å². The summed E-state index contributed by atoms with van der Waals surface area (Å²) >= 11 is 0. The molecule has 0 spiro atoms. The molecule has 8 heteroatoms. The fraction of sp³-hybridized carbons (Fsp3) is 0. The first-order valence-electron chi connectivity index (χ1n) is 8.96. The Morgan fingerprint density at radius 2 is 1.47 bits per heavy atom. The van der Waals surface area contributed by atoms with E-state index in [9.17, 15) is 17.6 Å². The minimum atomic E-state index is -3.84. The molecule has 0 bridgehead atoms. The predicted molar refractivity (Wildman–Crippen MR) is 113 cm³/mol. The molecule has 6 nitrogen and oxygen atoms in total. The van der Waals surface area contributed by atoms with E-state index in [-0.39, 0.29) is 16.5 Å². The second-order valence-electron chi connectivity index (χ2n) is 6.48. The molecule has 0 atom stereocenters. The predicted octanol–water partition coefficient (Wildman–Crippen LogP) is 4.43. The van der Waals surface area contributed by atoms with Crippen LogP contribution in [0.5, 0.6) is 0 Å². The second kappa shape index (κ2) is 7.92. The zero-order valence-electron chi connectivity index (χ0n) is 15.5. The number of pyridine rings is 1. The lowest BCUT2D eigenvalue weighted by Crippen LogP contribution is -2.14. The Morgan fingerprint density at radius 1 is 0.800 bits per heavy atom. The highest BCUT2D eigenvalue weighted by molar-refractivity contribution is 7.92. The second-order valence-corrected chi connectivity index (χ2v) is 8.16. The van der Waals surface area contributed by atoms with E-state index in [0.29, 0.717) is 11.4 Å². The Hall–Kier alpha value is -3.78. The first-order valence-corrected chi connectivity index (χ1v) is 10.4. The molecule has 0 aliphatic rings. The van der Waals surface area contributed by atoms with Crippen LogP contribution in [0.15, 0.2) is 89.8 Å². The third kappa shape index (κ3) is 4.28. The number of rotatable bonds is 5. The van der Waals surface area contributed by atoms with Crippen molar-refractivity contribution in [3.63, 3.8) is 0 Å². The molecular formula is C22H16FN3O3S. The molecule has 3 aromatic carbocycles. The van der Waals surface area contributed by atoms with Crippen LogP contribution < -0.4 is 10.0 Å². The van der Waals surface area contributed by atoms with Crippen LogP contribution in [0, 0.1) is 5.82 Å². The SMILES string of the molecule is O=C(Nc1ccc(NS(=O)(=O)c2ccc(F)cc2)cc1)c1ccc2ccccc2n1. The molecule has 0 aliphatic carbocycles. The van der Waals surface area contributed by atoms with E-state index >= 15 is 0 Å². The first-order chi connectivity index (χ1) is 14.4. The summed E-state index contributed by atoms with van der Waals surface area (Å²) in [6.07, 6.45) is 0. The Kier molecular flexibility index (Phi) is 5.16. The summed E-state index contributed by atoms with van der Waals surface area (Å²) < 4.78 is 40.1. The molecular weight excluding hydrogens is 405 g/mol. The quantitative estimate of drug-likeness (QED) is 0.499. The van der Waals surface area contributed by atoms with Crippen LogP contribution in [0.1, 0.15) is 10.5 Å². The van der Waals surface area contributed by atoms with Gasteiger partial charge in [0.05, 0.1) is 10.4 Å². The number of amides is 1. The molecule has 1 aromatic heterocycles. The van der Waals surface area contributed by atoms with Gasteiger partial charge in [-0.2, -0.15) is 0 Å². The van der Waals surface area contributed by atoms with Crippen molar-refractivity contribution in [1.29, 1.82) is 0 Å². The number of hydrogen-bond donors (Lipinski definition) is 2. The number of nitrogens with zero attached hydrogens (tertiary/aromatic N) is 1. The number of fused-ring (bicyclic) bond motifs is 1. The number of sulfonamides is 1. The smallest absolute Gasteiger partial charge is 0.274 e. The van der Waals surface area contributed by atoms with Crippen LogP contribution in [0.25, 0.3) is 10.9 Å². The highest BCUT2D eigenvalue weighted by Crippen LogP contribution is 2.19. The van der Waals surface area contributed by atoms with Gasteiger partial charge in [-0.3, -0.25) is 9.52 Å². The average molecular weight is 421 g/mol. The zero-order valence-corrected chi connectivity index (χ0v) is 16.4. The van der Waals surface area contributed by atoms with Crippen molar-refractivity contribution in [3.8, 4) is 0 Å². The highest BCUT2D eigenvalue weighted by Gasteiger charge is 2.14. The van der Waals surface area contributed by atoms with Gasteiger partial charge in [-0.15, -0.1) is 0 Å². The number of hydrogen-bond acceptors (Lipinski definition) is 4. The Bertz CT molecular complexity index is 1320. The minimum absolute atomic E-state index is 0.0522. The van der Waals surface area contributed by atoms with E-state index in [0.717, 1.165) is 23.0 Å². The highest BCUT2D eigenvalue weighted by atomic mass is 32.2. The summed E-state index contributed by atoms with van der Waals surface area (Å²) in [5, 5.41) is 3.67. The maximum Gasteiger partial charge on any atom is 0.274 e. The minimum Gasteiger partial charge on any atom is -0.321 e. The first kappa shape index (κ1) is 19.5. The Balaban J connectivity index is 1.46. The normalized spacial score (nSPS) is 11.2. The summed E-state index contributed by atoms with van der Waals surface area (Å²) in [6.45, 7) is 0. The monoisotopic (exact) mass is 421 g/mol. The van der Waals surface area contributed by atoms with Gasteiger partial charge in [0.15, 0.2) is 0 Å². The van der Waals surface area contributed by atoms with Crippen molar-refractivity contribution in [2.45, 2.75) is 4.90 Å². The molecule has 0 saturated carbocycles. The Morgan fingerprint density at radius 3 is 2.20 bits per heavy atom. The van der Waals surface area contributed by atoms with E-state index in [4.69, 9.17) is 0 Å². The van der Waals surface area contributed by atoms with Gasteiger partial charge in [0, 0.05) is 16.8 Å². The third-order valence-electron chi connectivity index (χ3n) is 4.35.